The Bertz CT molecular complexity index is 445. The van der Waals surface area contributed by atoms with E-state index >= 15 is 0 Å². The Hall–Kier alpha value is -0.620. The Kier molecular flexibility index (Phi) is 4.31. The lowest BCUT2D eigenvalue weighted by Gasteiger charge is -2.39. The molecule has 1 aromatic rings. The maximum Gasteiger partial charge on any atom is 0.0913 e. The number of morpholine rings is 1. The SMILES string of the molecule is CCNC(c1c(Cl)cnn1C)C1CN2CCCC2CO1. The van der Waals surface area contributed by atoms with E-state index in [1.807, 2.05) is 11.7 Å². The van der Waals surface area contributed by atoms with Crippen LogP contribution in [0.4, 0.5) is 0 Å². The van der Waals surface area contributed by atoms with Crippen LogP contribution in [0.2, 0.25) is 5.02 Å². The van der Waals surface area contributed by atoms with Gasteiger partial charge in [0.05, 0.1) is 35.7 Å². The molecule has 0 aliphatic carbocycles. The third kappa shape index (κ3) is 2.60. The fraction of sp³-hybridized carbons (Fsp3) is 0.786. The molecular formula is C14H23ClN4O. The second-order valence-electron chi connectivity index (χ2n) is 5.70. The quantitative estimate of drug-likeness (QED) is 0.917. The van der Waals surface area contributed by atoms with Crippen molar-refractivity contribution in [1.29, 1.82) is 0 Å². The van der Waals surface area contributed by atoms with Gasteiger partial charge in [-0.1, -0.05) is 18.5 Å². The zero-order valence-corrected chi connectivity index (χ0v) is 12.9. The van der Waals surface area contributed by atoms with E-state index in [9.17, 15) is 0 Å². The second kappa shape index (κ2) is 6.02. The third-order valence-corrected chi connectivity index (χ3v) is 4.74. The molecule has 2 aliphatic rings. The van der Waals surface area contributed by atoms with Crippen molar-refractivity contribution in [3.63, 3.8) is 0 Å². The molecule has 2 fully saturated rings. The van der Waals surface area contributed by atoms with Crippen molar-refractivity contribution in [3.8, 4) is 0 Å². The fourth-order valence-electron chi connectivity index (χ4n) is 3.44. The molecule has 0 bridgehead atoms. The largest absolute Gasteiger partial charge is 0.373 e. The van der Waals surface area contributed by atoms with Gasteiger partial charge < -0.3 is 10.1 Å². The number of nitrogens with zero attached hydrogens (tertiary/aromatic N) is 3. The van der Waals surface area contributed by atoms with Crippen LogP contribution in [0.5, 0.6) is 0 Å². The van der Waals surface area contributed by atoms with Crippen LogP contribution in [-0.2, 0) is 11.8 Å². The molecule has 3 atom stereocenters. The molecule has 0 amide bonds. The molecule has 0 spiro atoms. The molecule has 1 aromatic heterocycles. The van der Waals surface area contributed by atoms with Crippen molar-refractivity contribution >= 4 is 11.6 Å². The smallest absolute Gasteiger partial charge is 0.0913 e. The summed E-state index contributed by atoms with van der Waals surface area (Å²) in [5.41, 5.74) is 1.02. The molecule has 1 N–H and O–H groups in total. The zero-order valence-electron chi connectivity index (χ0n) is 12.2. The molecule has 0 aromatic carbocycles. The monoisotopic (exact) mass is 298 g/mol. The average Bonchev–Trinajstić information content (AvgIpc) is 3.03. The molecule has 2 saturated heterocycles. The van der Waals surface area contributed by atoms with Crippen LogP contribution in [0.25, 0.3) is 0 Å². The molecule has 6 heteroatoms. The normalized spacial score (nSPS) is 28.6. The Balaban J connectivity index is 1.80. The van der Waals surface area contributed by atoms with Crippen LogP contribution in [0.3, 0.4) is 0 Å². The van der Waals surface area contributed by atoms with E-state index in [2.05, 4.69) is 22.2 Å². The minimum atomic E-state index is 0.0987. The number of hydrogen-bond acceptors (Lipinski definition) is 4. The number of hydrogen-bond donors (Lipinski definition) is 1. The topological polar surface area (TPSA) is 42.3 Å². The molecule has 2 aliphatic heterocycles. The number of halogens is 1. The summed E-state index contributed by atoms with van der Waals surface area (Å²) in [5.74, 6) is 0. The van der Waals surface area contributed by atoms with Gasteiger partial charge in [-0.05, 0) is 25.9 Å². The summed E-state index contributed by atoms with van der Waals surface area (Å²) in [4.78, 5) is 2.56. The van der Waals surface area contributed by atoms with Crippen LogP contribution in [0.1, 0.15) is 31.5 Å². The summed E-state index contributed by atoms with van der Waals surface area (Å²) in [6, 6.07) is 0.720. The first-order valence-corrected chi connectivity index (χ1v) is 7.85. The lowest BCUT2D eigenvalue weighted by atomic mass is 10.0. The van der Waals surface area contributed by atoms with Crippen LogP contribution in [0.15, 0.2) is 6.20 Å². The highest BCUT2D eigenvalue weighted by atomic mass is 35.5. The number of rotatable bonds is 4. The summed E-state index contributed by atoms with van der Waals surface area (Å²) in [6.45, 7) is 6.00. The highest BCUT2D eigenvalue weighted by molar-refractivity contribution is 6.31. The van der Waals surface area contributed by atoms with Crippen molar-refractivity contribution in [3.05, 3.63) is 16.9 Å². The summed E-state index contributed by atoms with van der Waals surface area (Å²) in [7, 11) is 1.94. The summed E-state index contributed by atoms with van der Waals surface area (Å²) in [5, 5.41) is 8.49. The van der Waals surface area contributed by atoms with Crippen LogP contribution in [-0.4, -0.2) is 53.1 Å². The van der Waals surface area contributed by atoms with Gasteiger partial charge >= 0.3 is 0 Å². The fourth-order valence-corrected chi connectivity index (χ4v) is 3.72. The number of aromatic nitrogens is 2. The second-order valence-corrected chi connectivity index (χ2v) is 6.11. The molecule has 112 valence electrons. The number of fused-ring (bicyclic) bond motifs is 1. The molecule has 3 unspecified atom stereocenters. The highest BCUT2D eigenvalue weighted by Gasteiger charge is 2.37. The van der Waals surface area contributed by atoms with Gasteiger partial charge in [0.2, 0.25) is 0 Å². The Morgan fingerprint density at radius 3 is 3.15 bits per heavy atom. The van der Waals surface area contributed by atoms with Crippen molar-refractivity contribution in [2.24, 2.45) is 7.05 Å². The predicted molar refractivity (Wildman–Crippen MR) is 79.0 cm³/mol. The van der Waals surface area contributed by atoms with Gasteiger partial charge in [0.25, 0.3) is 0 Å². The van der Waals surface area contributed by atoms with E-state index < -0.39 is 0 Å². The molecule has 0 saturated carbocycles. The first-order valence-electron chi connectivity index (χ1n) is 7.47. The minimum absolute atomic E-state index is 0.0987. The van der Waals surface area contributed by atoms with Crippen LogP contribution in [0, 0.1) is 0 Å². The van der Waals surface area contributed by atoms with Crippen molar-refractivity contribution in [1.82, 2.24) is 20.0 Å². The van der Waals surface area contributed by atoms with Gasteiger partial charge in [0, 0.05) is 19.6 Å². The lowest BCUT2D eigenvalue weighted by molar-refractivity contribution is -0.0661. The highest BCUT2D eigenvalue weighted by Crippen LogP contribution is 2.31. The Morgan fingerprint density at radius 2 is 2.45 bits per heavy atom. The first kappa shape index (κ1) is 14.3. The van der Waals surface area contributed by atoms with E-state index in [1.54, 1.807) is 6.20 Å². The Labute approximate surface area is 125 Å². The molecular weight excluding hydrogens is 276 g/mol. The predicted octanol–water partition coefficient (Wildman–Crippen LogP) is 1.59. The first-order chi connectivity index (χ1) is 9.70. The maximum absolute atomic E-state index is 6.31. The standard InChI is InChI=1S/C14H23ClN4O/c1-3-16-13(14-11(15)7-17-18(14)2)12-8-19-6-4-5-10(19)9-20-12/h7,10,12-13,16H,3-6,8-9H2,1-2H3. The number of nitrogens with one attached hydrogen (secondary N) is 1. The lowest BCUT2D eigenvalue weighted by Crippen LogP contribution is -2.51. The average molecular weight is 299 g/mol. The molecule has 3 rings (SSSR count). The van der Waals surface area contributed by atoms with Gasteiger partial charge in [-0.15, -0.1) is 0 Å². The third-order valence-electron chi connectivity index (χ3n) is 4.44. The zero-order chi connectivity index (χ0) is 14.1. The maximum atomic E-state index is 6.31. The molecule has 5 nitrogen and oxygen atoms in total. The summed E-state index contributed by atoms with van der Waals surface area (Å²) in [6.07, 6.45) is 4.41. The van der Waals surface area contributed by atoms with Gasteiger partial charge in [0.15, 0.2) is 0 Å². The van der Waals surface area contributed by atoms with Gasteiger partial charge in [0.1, 0.15) is 0 Å². The van der Waals surface area contributed by atoms with E-state index in [1.165, 1.54) is 19.4 Å². The van der Waals surface area contributed by atoms with Crippen molar-refractivity contribution < 1.29 is 4.74 Å². The Morgan fingerprint density at radius 1 is 1.60 bits per heavy atom. The number of likely N-dealkylation sites (N-methyl/N-ethyl adjacent to an activating group) is 1. The van der Waals surface area contributed by atoms with Crippen molar-refractivity contribution in [2.45, 2.75) is 38.0 Å². The molecule has 3 heterocycles. The molecule has 0 radical (unpaired) electrons. The van der Waals surface area contributed by atoms with Gasteiger partial charge in [-0.3, -0.25) is 9.58 Å². The molecule has 20 heavy (non-hydrogen) atoms. The van der Waals surface area contributed by atoms with E-state index in [0.29, 0.717) is 11.1 Å². The number of ether oxygens (including phenoxy) is 1. The van der Waals surface area contributed by atoms with Crippen molar-refractivity contribution in [2.75, 3.05) is 26.2 Å². The van der Waals surface area contributed by atoms with E-state index in [-0.39, 0.29) is 12.1 Å². The van der Waals surface area contributed by atoms with Gasteiger partial charge in [-0.2, -0.15) is 5.10 Å². The minimum Gasteiger partial charge on any atom is -0.373 e. The van der Waals surface area contributed by atoms with E-state index in [0.717, 1.165) is 25.4 Å². The van der Waals surface area contributed by atoms with Crippen LogP contribution < -0.4 is 5.32 Å². The van der Waals surface area contributed by atoms with Gasteiger partial charge in [-0.25, -0.2) is 0 Å². The number of aryl methyl sites for hydroxylation is 1. The van der Waals surface area contributed by atoms with Crippen LogP contribution >= 0.6 is 11.6 Å². The van der Waals surface area contributed by atoms with E-state index in [4.69, 9.17) is 16.3 Å². The summed E-state index contributed by atoms with van der Waals surface area (Å²) >= 11 is 6.31. The summed E-state index contributed by atoms with van der Waals surface area (Å²) < 4.78 is 7.99.